The fraction of sp³-hybridized carbons (Fsp3) is 0.235. The highest BCUT2D eigenvalue weighted by atomic mass is 35.5. The molecule has 4 heteroatoms. The van der Waals surface area contributed by atoms with E-state index in [1.54, 1.807) is 11.8 Å². The van der Waals surface area contributed by atoms with E-state index in [1.165, 1.54) is 11.1 Å². The third-order valence-electron chi connectivity index (χ3n) is 3.57. The third-order valence-corrected chi connectivity index (χ3v) is 5.42. The number of amides is 1. The highest BCUT2D eigenvalue weighted by Crippen LogP contribution is 2.40. The Morgan fingerprint density at radius 2 is 1.71 bits per heavy atom. The van der Waals surface area contributed by atoms with E-state index in [0.29, 0.717) is 0 Å². The Morgan fingerprint density at radius 1 is 1.05 bits per heavy atom. The predicted octanol–water partition coefficient (Wildman–Crippen LogP) is 4.05. The van der Waals surface area contributed by atoms with Crippen molar-refractivity contribution < 1.29 is 4.79 Å². The topological polar surface area (TPSA) is 29.1 Å². The quantitative estimate of drug-likeness (QED) is 0.921. The molecule has 2 atom stereocenters. The minimum absolute atomic E-state index is 0.0193. The van der Waals surface area contributed by atoms with Crippen LogP contribution in [0.2, 0.25) is 5.02 Å². The smallest absolute Gasteiger partial charge is 0.233 e. The molecule has 0 radical (unpaired) electrons. The Morgan fingerprint density at radius 3 is 2.33 bits per heavy atom. The van der Waals surface area contributed by atoms with Gasteiger partial charge in [0.1, 0.15) is 0 Å². The van der Waals surface area contributed by atoms with Gasteiger partial charge in [0.15, 0.2) is 0 Å². The summed E-state index contributed by atoms with van der Waals surface area (Å²) in [6, 6.07) is 18.2. The van der Waals surface area contributed by atoms with Gasteiger partial charge in [0.05, 0.1) is 10.5 Å². The summed E-state index contributed by atoms with van der Waals surface area (Å²) in [4.78, 5) is 11.9. The van der Waals surface area contributed by atoms with Crippen LogP contribution in [0.15, 0.2) is 54.6 Å². The van der Waals surface area contributed by atoms with Gasteiger partial charge in [-0.15, -0.1) is 11.8 Å². The van der Waals surface area contributed by atoms with E-state index < -0.39 is 0 Å². The Bertz CT molecular complexity index is 614. The molecule has 0 saturated carbocycles. The molecule has 0 aromatic heterocycles. The summed E-state index contributed by atoms with van der Waals surface area (Å²) >= 11 is 7.70. The molecule has 2 nitrogen and oxygen atoms in total. The van der Waals surface area contributed by atoms with E-state index in [1.807, 2.05) is 42.5 Å². The number of carbonyl (C=O) groups excluding carboxylic acids is 1. The van der Waals surface area contributed by atoms with Gasteiger partial charge in [-0.25, -0.2) is 0 Å². The van der Waals surface area contributed by atoms with Crippen LogP contribution in [0.1, 0.15) is 22.8 Å². The lowest BCUT2D eigenvalue weighted by Crippen LogP contribution is -2.21. The summed E-state index contributed by atoms with van der Waals surface area (Å²) in [5.74, 6) is 0.148. The second-order valence-electron chi connectivity index (χ2n) is 5.05. The zero-order valence-corrected chi connectivity index (χ0v) is 13.0. The third kappa shape index (κ3) is 3.42. The predicted molar refractivity (Wildman–Crippen MR) is 88.7 cm³/mol. The standard InChI is InChI=1S/C17H16ClNOS/c18-14-8-6-13(7-9-14)16(12-4-2-1-3-5-12)21-15-10-11-19-17(15)20/h1-9,15-16H,10-11H2,(H,19,20)/t15-,16+/m0/s1. The lowest BCUT2D eigenvalue weighted by molar-refractivity contribution is -0.118. The number of rotatable bonds is 4. The van der Waals surface area contributed by atoms with E-state index in [0.717, 1.165) is 18.0 Å². The summed E-state index contributed by atoms with van der Waals surface area (Å²) in [6.45, 7) is 0.776. The van der Waals surface area contributed by atoms with E-state index in [4.69, 9.17) is 11.6 Å². The van der Waals surface area contributed by atoms with Crippen molar-refractivity contribution in [2.24, 2.45) is 0 Å². The first-order valence-corrected chi connectivity index (χ1v) is 8.30. The van der Waals surface area contributed by atoms with Crippen molar-refractivity contribution in [2.45, 2.75) is 16.9 Å². The first kappa shape index (κ1) is 14.5. The molecule has 1 fully saturated rings. The second kappa shape index (κ2) is 6.54. The molecule has 0 aliphatic carbocycles. The van der Waals surface area contributed by atoms with E-state index in [2.05, 4.69) is 17.4 Å². The van der Waals surface area contributed by atoms with Crippen molar-refractivity contribution in [1.29, 1.82) is 0 Å². The maximum atomic E-state index is 11.9. The summed E-state index contributed by atoms with van der Waals surface area (Å²) in [5, 5.41) is 3.81. The van der Waals surface area contributed by atoms with Gasteiger partial charge < -0.3 is 5.32 Å². The van der Waals surface area contributed by atoms with Crippen molar-refractivity contribution in [2.75, 3.05) is 6.54 Å². The van der Waals surface area contributed by atoms with Crippen molar-refractivity contribution in [3.8, 4) is 0 Å². The highest BCUT2D eigenvalue weighted by molar-refractivity contribution is 8.01. The van der Waals surface area contributed by atoms with Crippen molar-refractivity contribution in [1.82, 2.24) is 5.32 Å². The molecule has 108 valence electrons. The number of thioether (sulfide) groups is 1. The Balaban J connectivity index is 1.91. The zero-order chi connectivity index (χ0) is 14.7. The Labute approximate surface area is 133 Å². The molecular weight excluding hydrogens is 302 g/mol. The number of carbonyl (C=O) groups is 1. The molecule has 1 amide bonds. The average Bonchev–Trinajstić information content (AvgIpc) is 2.92. The van der Waals surface area contributed by atoms with Crippen LogP contribution in [-0.2, 0) is 4.79 Å². The van der Waals surface area contributed by atoms with Crippen LogP contribution >= 0.6 is 23.4 Å². The maximum Gasteiger partial charge on any atom is 0.233 e. The first-order chi connectivity index (χ1) is 10.2. The molecule has 0 unspecified atom stereocenters. The summed E-state index contributed by atoms with van der Waals surface area (Å²) in [6.07, 6.45) is 0.889. The maximum absolute atomic E-state index is 11.9. The van der Waals surface area contributed by atoms with Crippen LogP contribution in [0.25, 0.3) is 0 Å². The SMILES string of the molecule is O=C1NCC[C@@H]1S[C@H](c1ccccc1)c1ccc(Cl)cc1. The minimum atomic E-state index is 0.0193. The molecule has 21 heavy (non-hydrogen) atoms. The van der Waals surface area contributed by atoms with Crippen LogP contribution in [0.4, 0.5) is 0 Å². The van der Waals surface area contributed by atoms with Gasteiger partial charge in [-0.3, -0.25) is 4.79 Å². The summed E-state index contributed by atoms with van der Waals surface area (Å²) in [5.41, 5.74) is 2.39. The zero-order valence-electron chi connectivity index (χ0n) is 11.5. The van der Waals surface area contributed by atoms with Gasteiger partial charge >= 0.3 is 0 Å². The van der Waals surface area contributed by atoms with E-state index >= 15 is 0 Å². The number of hydrogen-bond donors (Lipinski definition) is 1. The lowest BCUT2D eigenvalue weighted by Gasteiger charge is -2.20. The molecule has 2 aromatic rings. The van der Waals surface area contributed by atoms with Crippen LogP contribution in [0.5, 0.6) is 0 Å². The Kier molecular flexibility index (Phi) is 4.51. The minimum Gasteiger partial charge on any atom is -0.355 e. The highest BCUT2D eigenvalue weighted by Gasteiger charge is 2.29. The molecule has 0 bridgehead atoms. The fourth-order valence-corrected chi connectivity index (χ4v) is 4.02. The number of nitrogens with one attached hydrogen (secondary N) is 1. The van der Waals surface area contributed by atoms with Gasteiger partial charge in [-0.1, -0.05) is 54.1 Å². The van der Waals surface area contributed by atoms with Crippen LogP contribution in [0.3, 0.4) is 0 Å². The van der Waals surface area contributed by atoms with Gasteiger partial charge in [-0.05, 0) is 29.7 Å². The molecule has 1 saturated heterocycles. The van der Waals surface area contributed by atoms with E-state index in [-0.39, 0.29) is 16.4 Å². The molecule has 1 N–H and O–H groups in total. The molecular formula is C17H16ClNOS. The van der Waals surface area contributed by atoms with Crippen molar-refractivity contribution in [3.63, 3.8) is 0 Å². The summed E-state index contributed by atoms with van der Waals surface area (Å²) in [7, 11) is 0. The van der Waals surface area contributed by atoms with Gasteiger partial charge in [0.2, 0.25) is 5.91 Å². The summed E-state index contributed by atoms with van der Waals surface area (Å²) < 4.78 is 0. The van der Waals surface area contributed by atoms with Crippen molar-refractivity contribution in [3.05, 3.63) is 70.7 Å². The number of hydrogen-bond acceptors (Lipinski definition) is 2. The van der Waals surface area contributed by atoms with Crippen LogP contribution in [-0.4, -0.2) is 17.7 Å². The second-order valence-corrected chi connectivity index (χ2v) is 6.80. The van der Waals surface area contributed by atoms with Crippen molar-refractivity contribution >= 4 is 29.3 Å². The van der Waals surface area contributed by atoms with Gasteiger partial charge in [-0.2, -0.15) is 0 Å². The average molecular weight is 318 g/mol. The lowest BCUT2D eigenvalue weighted by atomic mass is 10.0. The monoisotopic (exact) mass is 317 g/mol. The number of benzene rings is 2. The van der Waals surface area contributed by atoms with Gasteiger partial charge in [0.25, 0.3) is 0 Å². The molecule has 1 aliphatic heterocycles. The molecule has 1 heterocycles. The van der Waals surface area contributed by atoms with E-state index in [9.17, 15) is 4.79 Å². The van der Waals surface area contributed by atoms with Crippen LogP contribution in [0, 0.1) is 0 Å². The van der Waals surface area contributed by atoms with Crippen LogP contribution < -0.4 is 5.32 Å². The fourth-order valence-electron chi connectivity index (χ4n) is 2.48. The molecule has 3 rings (SSSR count). The largest absolute Gasteiger partial charge is 0.355 e. The molecule has 2 aromatic carbocycles. The first-order valence-electron chi connectivity index (χ1n) is 6.97. The number of halogens is 1. The Hall–Kier alpha value is -1.45. The molecule has 0 spiro atoms. The normalized spacial score (nSPS) is 19.3. The molecule has 1 aliphatic rings. The van der Waals surface area contributed by atoms with Gasteiger partial charge in [0, 0.05) is 11.6 Å².